The molecule has 0 spiro atoms. The predicted octanol–water partition coefficient (Wildman–Crippen LogP) is 9.39. The zero-order valence-corrected chi connectivity index (χ0v) is 36.5. The highest BCUT2D eigenvalue weighted by Crippen LogP contribution is 2.56. The first kappa shape index (κ1) is 39.5. The number of thiophene rings is 2. The summed E-state index contributed by atoms with van der Waals surface area (Å²) in [7, 11) is 2.12. The number of rotatable bonds is 9. The molecule has 12 heteroatoms. The summed E-state index contributed by atoms with van der Waals surface area (Å²) in [5, 5.41) is 33.6. The molecule has 62 heavy (non-hydrogen) atoms. The molecule has 312 valence electrons. The second kappa shape index (κ2) is 13.9. The maximum Gasteiger partial charge on any atom is 0.341 e. The van der Waals surface area contributed by atoms with Crippen LogP contribution in [0.4, 0.5) is 11.4 Å². The maximum absolute atomic E-state index is 12.0. The van der Waals surface area contributed by atoms with Crippen LogP contribution in [0, 0.1) is 0 Å². The van der Waals surface area contributed by atoms with Gasteiger partial charge in [0.1, 0.15) is 30.3 Å². The second-order valence-corrected chi connectivity index (χ2v) is 19.3. The monoisotopic (exact) mass is 862 g/mol. The van der Waals surface area contributed by atoms with Crippen molar-refractivity contribution >= 4 is 83.3 Å². The Bertz CT molecular complexity index is 3250. The standard InChI is InChI=1S/C50H42N2O8S2/c1-25-29-20-36-32(18-30(29)47-45(49(25,2)3)27-11-7-9-13-39(27)61-47)44(26-15-16-34(38(17-26)59-24-43(57)58)52(22-41(53)54)23-42(55)56)33-19-31-35(21-37(33)60-36)51(6)50(4,5)46-28-12-8-10-14-40(28)62-48(31)46/h7-21H,22-24H2,1-6H3,(H,53,54)(H,55,56)(H,57,58). The van der Waals surface area contributed by atoms with Crippen LogP contribution >= 0.6 is 22.7 Å². The van der Waals surface area contributed by atoms with Gasteiger partial charge in [0.25, 0.3) is 0 Å². The molecule has 0 saturated heterocycles. The Balaban J connectivity index is 1.30. The number of nitrogens with zero attached hydrogens (tertiary/aromatic N) is 2. The van der Waals surface area contributed by atoms with Crippen molar-refractivity contribution in [3.05, 3.63) is 124 Å². The second-order valence-electron chi connectivity index (χ2n) is 17.2. The summed E-state index contributed by atoms with van der Waals surface area (Å²) in [6, 6.07) is 30.8. The summed E-state index contributed by atoms with van der Waals surface area (Å²) in [5.74, 6) is -2.40. The fraction of sp³-hybridized carbons (Fsp3) is 0.220. The van der Waals surface area contributed by atoms with Gasteiger partial charge in [0.05, 0.1) is 11.2 Å². The topological polar surface area (TPSA) is 137 Å². The van der Waals surface area contributed by atoms with E-state index < -0.39 is 37.6 Å². The highest BCUT2D eigenvalue weighted by atomic mass is 32.1. The number of aliphatic carboxylic acids is 3. The summed E-state index contributed by atoms with van der Waals surface area (Å²) in [6.45, 7) is 9.23. The number of anilines is 2. The molecule has 0 atom stereocenters. The van der Waals surface area contributed by atoms with Crippen molar-refractivity contribution in [2.75, 3.05) is 36.5 Å². The van der Waals surface area contributed by atoms with Crippen molar-refractivity contribution < 1.29 is 39.2 Å². The van der Waals surface area contributed by atoms with E-state index in [1.165, 1.54) is 46.6 Å². The van der Waals surface area contributed by atoms with E-state index in [9.17, 15) is 29.7 Å². The van der Waals surface area contributed by atoms with Crippen LogP contribution in [-0.4, -0.2) is 60.0 Å². The van der Waals surface area contributed by atoms with Crippen LogP contribution in [-0.2, 0) is 25.3 Å². The van der Waals surface area contributed by atoms with Crippen LogP contribution in [0.25, 0.3) is 52.2 Å². The smallest absolute Gasteiger partial charge is 0.341 e. The van der Waals surface area contributed by atoms with Crippen molar-refractivity contribution in [3.8, 4) is 38.1 Å². The maximum atomic E-state index is 12.0. The number of hydrogen-bond acceptors (Lipinski definition) is 9. The number of carbonyl (C=O) groups is 3. The Labute approximate surface area is 364 Å². The molecule has 3 N–H and O–H groups in total. The minimum Gasteiger partial charge on any atom is -0.480 e. The van der Waals surface area contributed by atoms with Gasteiger partial charge in [-0.25, -0.2) is 4.79 Å². The van der Waals surface area contributed by atoms with Crippen molar-refractivity contribution in [3.63, 3.8) is 0 Å². The molecule has 0 amide bonds. The third-order valence-corrected chi connectivity index (χ3v) is 15.4. The summed E-state index contributed by atoms with van der Waals surface area (Å²) in [4.78, 5) is 41.7. The summed E-state index contributed by atoms with van der Waals surface area (Å²) >= 11 is 3.54. The van der Waals surface area contributed by atoms with Gasteiger partial charge < -0.3 is 34.6 Å². The van der Waals surface area contributed by atoms with Crippen LogP contribution in [0.1, 0.15) is 56.9 Å². The first-order valence-corrected chi connectivity index (χ1v) is 21.9. The normalized spacial score (nSPS) is 15.2. The van der Waals surface area contributed by atoms with E-state index in [2.05, 4.69) is 119 Å². The molecule has 0 bridgehead atoms. The molecule has 3 aliphatic rings. The van der Waals surface area contributed by atoms with Crippen molar-refractivity contribution in [1.29, 1.82) is 0 Å². The van der Waals surface area contributed by atoms with E-state index in [0.717, 1.165) is 43.3 Å². The average Bonchev–Trinajstić information content (AvgIpc) is 3.83. The molecule has 10 nitrogen and oxygen atoms in total. The molecule has 0 fully saturated rings. The van der Waals surface area contributed by atoms with E-state index in [1.54, 1.807) is 34.8 Å². The van der Waals surface area contributed by atoms with Crippen LogP contribution in [0.15, 0.2) is 91.0 Å². The van der Waals surface area contributed by atoms with E-state index in [0.29, 0.717) is 17.1 Å². The number of carboxylic acids is 3. The minimum atomic E-state index is -1.25. The SMILES string of the molecule is CC1=c2cc3c(cc2-c2sc4ccccc4c2C1(C)C)=C(c1ccc(N(CC(=O)O)CC(=O)O)c(OCC(=O)O)c1)c1cc2c(cc1O3)N(C)C(C)(C)c1c-2sc2ccccc12. The van der Waals surface area contributed by atoms with E-state index in [4.69, 9.17) is 9.47 Å². The number of ether oxygens (including phenoxy) is 2. The molecule has 0 saturated carbocycles. The van der Waals surface area contributed by atoms with Crippen LogP contribution in [0.3, 0.4) is 0 Å². The van der Waals surface area contributed by atoms with Crippen LogP contribution in [0.5, 0.6) is 17.2 Å². The van der Waals surface area contributed by atoms with Gasteiger partial charge in [-0.05, 0) is 90.4 Å². The van der Waals surface area contributed by atoms with Gasteiger partial charge in [-0.1, -0.05) is 61.9 Å². The van der Waals surface area contributed by atoms with Gasteiger partial charge in [0, 0.05) is 76.4 Å². The zero-order valence-electron chi connectivity index (χ0n) is 34.9. The molecule has 1 aliphatic carbocycles. The average molecular weight is 863 g/mol. The number of fused-ring (bicyclic) bond motifs is 12. The zero-order chi connectivity index (χ0) is 43.6. The third-order valence-electron chi connectivity index (χ3n) is 13.0. The molecule has 0 radical (unpaired) electrons. The lowest BCUT2D eigenvalue weighted by Gasteiger charge is -2.43. The Kier molecular flexibility index (Phi) is 8.89. The van der Waals surface area contributed by atoms with E-state index >= 15 is 0 Å². The Morgan fingerprint density at radius 3 is 1.98 bits per heavy atom. The Hall–Kier alpha value is -6.63. The Morgan fingerprint density at radius 2 is 1.34 bits per heavy atom. The highest BCUT2D eigenvalue weighted by molar-refractivity contribution is 7.23. The Morgan fingerprint density at radius 1 is 0.710 bits per heavy atom. The lowest BCUT2D eigenvalue weighted by molar-refractivity contribution is -0.140. The van der Waals surface area contributed by atoms with Crippen molar-refractivity contribution in [2.45, 2.75) is 45.6 Å². The summed E-state index contributed by atoms with van der Waals surface area (Å²) < 4.78 is 15.3. The first-order valence-electron chi connectivity index (χ1n) is 20.3. The number of benzene rings is 5. The van der Waals surface area contributed by atoms with E-state index in [-0.39, 0.29) is 22.4 Å². The molecule has 0 unspecified atom stereocenters. The van der Waals surface area contributed by atoms with Gasteiger partial charge in [-0.15, -0.1) is 22.7 Å². The lowest BCUT2D eigenvalue weighted by atomic mass is 9.71. The lowest BCUT2D eigenvalue weighted by Crippen LogP contribution is -2.41. The van der Waals surface area contributed by atoms with Crippen LogP contribution < -0.4 is 29.7 Å². The largest absolute Gasteiger partial charge is 0.480 e. The van der Waals surface area contributed by atoms with Crippen molar-refractivity contribution in [1.82, 2.24) is 0 Å². The van der Waals surface area contributed by atoms with Gasteiger partial charge in [-0.2, -0.15) is 0 Å². The predicted molar refractivity (Wildman–Crippen MR) is 246 cm³/mol. The highest BCUT2D eigenvalue weighted by Gasteiger charge is 2.40. The minimum absolute atomic E-state index is 0.0383. The quantitative estimate of drug-likeness (QED) is 0.129. The fourth-order valence-electron chi connectivity index (χ4n) is 9.67. The fourth-order valence-corrected chi connectivity index (χ4v) is 12.4. The molecule has 10 rings (SSSR count). The third kappa shape index (κ3) is 5.91. The molecule has 2 aliphatic heterocycles. The first-order chi connectivity index (χ1) is 29.5. The van der Waals surface area contributed by atoms with Gasteiger partial charge in [-0.3, -0.25) is 9.59 Å². The van der Waals surface area contributed by atoms with Crippen LogP contribution in [0.2, 0.25) is 0 Å². The summed E-state index contributed by atoms with van der Waals surface area (Å²) in [5.41, 5.74) is 8.70. The molecular weight excluding hydrogens is 821 g/mol. The molecule has 2 aromatic heterocycles. The molecule has 4 heterocycles. The summed E-state index contributed by atoms with van der Waals surface area (Å²) in [6.07, 6.45) is 0. The van der Waals surface area contributed by atoms with Gasteiger partial charge >= 0.3 is 17.9 Å². The molecule has 5 aromatic carbocycles. The van der Waals surface area contributed by atoms with E-state index in [1.807, 2.05) is 6.07 Å². The van der Waals surface area contributed by atoms with Crippen molar-refractivity contribution in [2.24, 2.45) is 0 Å². The molecular formula is C50H42N2O8S2. The number of carboxylic acid groups (broad SMARTS) is 3. The van der Waals surface area contributed by atoms with Gasteiger partial charge in [0.2, 0.25) is 0 Å². The van der Waals surface area contributed by atoms with Gasteiger partial charge in [0.15, 0.2) is 6.61 Å². The number of hydrogen-bond donors (Lipinski definition) is 3. The molecule has 7 aromatic rings.